The van der Waals surface area contributed by atoms with E-state index in [0.717, 1.165) is 21.7 Å². The van der Waals surface area contributed by atoms with Crippen molar-refractivity contribution in [3.8, 4) is 0 Å². The molecule has 2 aliphatic heterocycles. The Balaban J connectivity index is 1.30. The van der Waals surface area contributed by atoms with E-state index in [0.29, 0.717) is 0 Å². The van der Waals surface area contributed by atoms with Crippen molar-refractivity contribution in [3.05, 3.63) is 39.4 Å². The van der Waals surface area contributed by atoms with E-state index in [-0.39, 0.29) is 22.9 Å². The number of hydrogen-bond donors (Lipinski definition) is 8. The third-order valence-electron chi connectivity index (χ3n) is 6.34. The van der Waals surface area contributed by atoms with Crippen LogP contribution in [-0.4, -0.2) is 104 Å². The summed E-state index contributed by atoms with van der Waals surface area (Å²) in [4.78, 5) is 48.3. The molecule has 0 aliphatic carbocycles. The van der Waals surface area contributed by atoms with Gasteiger partial charge in [0.15, 0.2) is 23.6 Å². The Morgan fingerprint density at radius 1 is 1.05 bits per heavy atom. The Kier molecular flexibility index (Phi) is 7.48. The summed E-state index contributed by atoms with van der Waals surface area (Å²) in [6.07, 6.45) is -9.89. The molecule has 5 rings (SSSR count). The minimum atomic E-state index is -5.08. The number of nitrogens with one attached hydrogen (secondary N) is 1. The molecule has 0 amide bonds. The lowest BCUT2D eigenvalue weighted by molar-refractivity contribution is -0.0635. The summed E-state index contributed by atoms with van der Waals surface area (Å²) in [5.41, 5.74) is 9.30. The van der Waals surface area contributed by atoms with E-state index in [1.54, 1.807) is 0 Å². The lowest BCUT2D eigenvalue weighted by Crippen LogP contribution is -2.38. The molecule has 0 spiro atoms. The number of phosphoric ester groups is 1. The van der Waals surface area contributed by atoms with Crippen LogP contribution in [-0.2, 0) is 23.1 Å². The summed E-state index contributed by atoms with van der Waals surface area (Å²) < 4.78 is 35.9. The number of aliphatic hydroxyl groups is 4. The fourth-order valence-corrected chi connectivity index (χ4v) is 5.34. The number of hydrogen-bond acceptors (Lipinski definition) is 16. The molecule has 0 radical (unpaired) electrons. The number of anilines is 2. The summed E-state index contributed by atoms with van der Waals surface area (Å²) in [6, 6.07) is 1.24. The average molecular weight is 588 g/mol. The lowest BCUT2D eigenvalue weighted by Gasteiger charge is -2.25. The van der Waals surface area contributed by atoms with Crippen molar-refractivity contribution < 1.29 is 48.4 Å². The van der Waals surface area contributed by atoms with Crippen molar-refractivity contribution >= 4 is 30.8 Å². The summed E-state index contributed by atoms with van der Waals surface area (Å²) in [5, 5.41) is 41.0. The quantitative estimate of drug-likeness (QED) is 0.116. The van der Waals surface area contributed by atoms with Crippen LogP contribution in [0.15, 0.2) is 28.2 Å². The zero-order chi connectivity index (χ0) is 28.9. The number of nitrogen functional groups attached to an aromatic ring is 2. The molecule has 0 saturated carbocycles. The minimum absolute atomic E-state index is 0.0534. The molecule has 9 atom stereocenters. The van der Waals surface area contributed by atoms with Crippen LogP contribution in [0.3, 0.4) is 0 Å². The van der Waals surface area contributed by atoms with Gasteiger partial charge in [0.1, 0.15) is 42.4 Å². The van der Waals surface area contributed by atoms with Gasteiger partial charge in [0, 0.05) is 6.20 Å². The summed E-state index contributed by atoms with van der Waals surface area (Å²) in [7, 11) is -5.08. The molecule has 0 bridgehead atoms. The third-order valence-corrected chi connectivity index (χ3v) is 7.32. The molecule has 10 N–H and O–H groups in total. The second kappa shape index (κ2) is 10.6. The number of aromatic nitrogens is 6. The summed E-state index contributed by atoms with van der Waals surface area (Å²) in [6.45, 7) is -1.52. The first kappa shape index (κ1) is 28.2. The topological polar surface area (TPSA) is 306 Å². The van der Waals surface area contributed by atoms with Crippen LogP contribution in [0.5, 0.6) is 0 Å². The normalized spacial score (nSPS) is 32.0. The molecule has 5 heterocycles. The van der Waals surface area contributed by atoms with Gasteiger partial charge < -0.3 is 46.3 Å². The molecule has 40 heavy (non-hydrogen) atoms. The van der Waals surface area contributed by atoms with Gasteiger partial charge in [0.2, 0.25) is 5.95 Å². The number of H-pyrrole nitrogens is 1. The van der Waals surface area contributed by atoms with E-state index < -0.39 is 81.4 Å². The summed E-state index contributed by atoms with van der Waals surface area (Å²) in [5.74, 6) is -0.347. The van der Waals surface area contributed by atoms with Gasteiger partial charge in [0.25, 0.3) is 5.56 Å². The number of nitrogens with zero attached hydrogens (tertiary/aromatic N) is 5. The van der Waals surface area contributed by atoms with E-state index in [9.17, 15) is 39.5 Å². The fraction of sp³-hybridized carbons (Fsp3) is 0.526. The van der Waals surface area contributed by atoms with Gasteiger partial charge in [-0.3, -0.25) is 28.0 Å². The number of ether oxygens (including phenoxy) is 2. The first-order chi connectivity index (χ1) is 18.9. The highest BCUT2D eigenvalue weighted by Gasteiger charge is 2.50. The highest BCUT2D eigenvalue weighted by atomic mass is 31.2. The lowest BCUT2D eigenvalue weighted by atomic mass is 10.1. The van der Waals surface area contributed by atoms with E-state index in [1.807, 2.05) is 0 Å². The van der Waals surface area contributed by atoms with Gasteiger partial charge >= 0.3 is 13.5 Å². The van der Waals surface area contributed by atoms with Gasteiger partial charge in [0.05, 0.1) is 19.5 Å². The minimum Gasteiger partial charge on any atom is -0.394 e. The number of imidazole rings is 1. The Morgan fingerprint density at radius 3 is 2.48 bits per heavy atom. The van der Waals surface area contributed by atoms with Gasteiger partial charge in [-0.15, -0.1) is 0 Å². The number of rotatable bonds is 8. The standard InChI is InChI=1S/C19H25N8O12P/c20-8-1-2-26(19(33)23-8)17-13(11(30)6(3-28)37-17)39-40(34,35)36-4-7-10(29)12(31)16(38-7)27-5-22-9-14(27)24-18(21)25-15(9)32/h1-2,5-7,10-13,16-17,28-31H,3-4H2,(H,34,35)(H2,20,23,33)(H3,21,24,25,32). The molecule has 2 aliphatic rings. The van der Waals surface area contributed by atoms with Gasteiger partial charge in [-0.25, -0.2) is 14.3 Å². The van der Waals surface area contributed by atoms with Crippen molar-refractivity contribution in [1.82, 2.24) is 29.1 Å². The maximum Gasteiger partial charge on any atom is 0.472 e. The predicted molar refractivity (Wildman–Crippen MR) is 129 cm³/mol. The molecule has 20 nitrogen and oxygen atoms in total. The van der Waals surface area contributed by atoms with Crippen LogP contribution in [0, 0.1) is 0 Å². The Hall–Kier alpha value is -3.30. The highest BCUT2D eigenvalue weighted by molar-refractivity contribution is 7.47. The first-order valence-electron chi connectivity index (χ1n) is 11.6. The fourth-order valence-electron chi connectivity index (χ4n) is 4.40. The second-order valence-corrected chi connectivity index (χ2v) is 10.3. The smallest absolute Gasteiger partial charge is 0.394 e. The van der Waals surface area contributed by atoms with E-state index in [4.69, 9.17) is 30.0 Å². The third kappa shape index (κ3) is 5.12. The van der Waals surface area contributed by atoms with Crippen LogP contribution in [0.2, 0.25) is 0 Å². The molecule has 3 aromatic heterocycles. The number of fused-ring (bicyclic) bond motifs is 1. The number of aromatic amines is 1. The number of nitrogens with two attached hydrogens (primary N) is 2. The zero-order valence-corrected chi connectivity index (χ0v) is 21.1. The second-order valence-electron chi connectivity index (χ2n) is 8.94. The van der Waals surface area contributed by atoms with E-state index >= 15 is 0 Å². The predicted octanol–water partition coefficient (Wildman–Crippen LogP) is -4.09. The van der Waals surface area contributed by atoms with Crippen molar-refractivity contribution in [1.29, 1.82) is 0 Å². The Labute approximate surface area is 222 Å². The largest absolute Gasteiger partial charge is 0.472 e. The first-order valence-corrected chi connectivity index (χ1v) is 13.1. The molecular formula is C19H25N8O12P. The van der Waals surface area contributed by atoms with Gasteiger partial charge in [-0.2, -0.15) is 9.97 Å². The molecule has 21 heteroatoms. The molecule has 9 unspecified atom stereocenters. The molecule has 3 aromatic rings. The van der Waals surface area contributed by atoms with Crippen LogP contribution in [0.4, 0.5) is 11.8 Å². The van der Waals surface area contributed by atoms with E-state index in [1.165, 1.54) is 6.07 Å². The van der Waals surface area contributed by atoms with Crippen molar-refractivity contribution in [2.45, 2.75) is 49.1 Å². The van der Waals surface area contributed by atoms with Gasteiger partial charge in [-0.1, -0.05) is 0 Å². The van der Waals surface area contributed by atoms with Crippen molar-refractivity contribution in [3.63, 3.8) is 0 Å². The van der Waals surface area contributed by atoms with Crippen molar-refractivity contribution in [2.24, 2.45) is 0 Å². The molecule has 0 aromatic carbocycles. The summed E-state index contributed by atoms with van der Waals surface area (Å²) >= 11 is 0. The highest BCUT2D eigenvalue weighted by Crippen LogP contribution is 2.49. The zero-order valence-electron chi connectivity index (χ0n) is 20.2. The monoisotopic (exact) mass is 588 g/mol. The van der Waals surface area contributed by atoms with Crippen molar-refractivity contribution in [2.75, 3.05) is 24.7 Å². The Bertz CT molecular complexity index is 1560. The molecule has 2 fully saturated rings. The average Bonchev–Trinajstić information content (AvgIpc) is 3.53. The van der Waals surface area contributed by atoms with Crippen LogP contribution < -0.4 is 22.7 Å². The van der Waals surface area contributed by atoms with E-state index in [2.05, 4.69) is 19.9 Å². The molecular weight excluding hydrogens is 563 g/mol. The maximum atomic E-state index is 12.8. The number of aliphatic hydroxyl groups excluding tert-OH is 4. The van der Waals surface area contributed by atoms with Crippen LogP contribution in [0.25, 0.3) is 11.2 Å². The molecule has 218 valence electrons. The number of phosphoric acid groups is 1. The SMILES string of the molecule is Nc1ccn(C2OC(CO)C(O)C2OP(=O)(O)OCC2OC(n3cnc4c(=O)[nH]c(N)nc43)C(O)C2O)c(=O)n1. The van der Waals surface area contributed by atoms with Crippen LogP contribution in [0.1, 0.15) is 12.5 Å². The van der Waals surface area contributed by atoms with Gasteiger partial charge in [-0.05, 0) is 6.07 Å². The Morgan fingerprint density at radius 2 is 1.77 bits per heavy atom. The molecule has 2 saturated heterocycles. The maximum absolute atomic E-state index is 12.8. The van der Waals surface area contributed by atoms with Crippen LogP contribution >= 0.6 is 7.82 Å².